The molecule has 2 nitrogen and oxygen atoms in total. The maximum atomic E-state index is 10.8. The first-order valence-electron chi connectivity index (χ1n) is 9.22. The largest absolute Gasteiger partial charge is 0.393 e. The SMILES string of the molecule is CC1(O)CC23C=CC1CC2C1(C)CCC(O)C(C)(C)C1CC3. The molecule has 0 aromatic carbocycles. The third-order valence-electron chi connectivity index (χ3n) is 8.53. The molecule has 0 aromatic rings. The summed E-state index contributed by atoms with van der Waals surface area (Å²) in [6.45, 7) is 9.11. The fraction of sp³-hybridized carbons (Fsp3) is 0.900. The standard InChI is InChI=1S/C20H32O2/c1-17(2)14-6-10-20-9-5-13(19(4,22)12-20)11-15(20)18(14,3)8-7-16(17)21/h5,9,13-16,21-22H,6-8,10-12H2,1-4H3. The molecule has 2 N–H and O–H groups in total. The van der Waals surface area contributed by atoms with Gasteiger partial charge in [0.2, 0.25) is 0 Å². The predicted molar refractivity (Wildman–Crippen MR) is 88.3 cm³/mol. The van der Waals surface area contributed by atoms with Gasteiger partial charge in [-0.2, -0.15) is 0 Å². The molecule has 2 bridgehead atoms. The summed E-state index contributed by atoms with van der Waals surface area (Å²) in [6.07, 6.45) is 11.2. The lowest BCUT2D eigenvalue weighted by molar-refractivity contribution is -0.206. The van der Waals surface area contributed by atoms with Crippen molar-refractivity contribution in [2.24, 2.45) is 34.0 Å². The van der Waals surface area contributed by atoms with E-state index in [1.54, 1.807) is 0 Å². The summed E-state index contributed by atoms with van der Waals surface area (Å²) in [5, 5.41) is 21.4. The number of hydrogen-bond donors (Lipinski definition) is 2. The van der Waals surface area contributed by atoms with Crippen molar-refractivity contribution in [1.82, 2.24) is 0 Å². The molecule has 1 spiro atoms. The number of fused-ring (bicyclic) bond motifs is 2. The molecule has 0 radical (unpaired) electrons. The molecule has 0 amide bonds. The lowest BCUT2D eigenvalue weighted by Gasteiger charge is -2.68. The van der Waals surface area contributed by atoms with Gasteiger partial charge in [0, 0.05) is 5.92 Å². The Morgan fingerprint density at radius 1 is 1.00 bits per heavy atom. The van der Waals surface area contributed by atoms with Crippen LogP contribution in [0.15, 0.2) is 12.2 Å². The molecule has 0 saturated heterocycles. The number of hydrogen-bond acceptors (Lipinski definition) is 2. The maximum absolute atomic E-state index is 10.8. The van der Waals surface area contributed by atoms with E-state index >= 15 is 0 Å². The quantitative estimate of drug-likeness (QED) is 0.666. The van der Waals surface area contributed by atoms with Crippen LogP contribution in [-0.4, -0.2) is 21.9 Å². The lowest BCUT2D eigenvalue weighted by Crippen LogP contribution is -2.64. The van der Waals surface area contributed by atoms with E-state index in [2.05, 4.69) is 32.9 Å². The van der Waals surface area contributed by atoms with Crippen molar-refractivity contribution in [2.75, 3.05) is 0 Å². The van der Waals surface area contributed by atoms with Crippen LogP contribution in [0.3, 0.4) is 0 Å². The average molecular weight is 304 g/mol. The summed E-state index contributed by atoms with van der Waals surface area (Å²) < 4.78 is 0. The summed E-state index contributed by atoms with van der Waals surface area (Å²) >= 11 is 0. The van der Waals surface area contributed by atoms with Crippen LogP contribution >= 0.6 is 0 Å². The highest BCUT2D eigenvalue weighted by Gasteiger charge is 2.65. The molecule has 0 aromatic heterocycles. The van der Waals surface area contributed by atoms with Gasteiger partial charge in [0.25, 0.3) is 0 Å². The molecule has 3 saturated carbocycles. The van der Waals surface area contributed by atoms with E-state index in [4.69, 9.17) is 0 Å². The van der Waals surface area contributed by atoms with Crippen LogP contribution in [0, 0.1) is 34.0 Å². The van der Waals surface area contributed by atoms with Crippen molar-refractivity contribution in [1.29, 1.82) is 0 Å². The van der Waals surface area contributed by atoms with Gasteiger partial charge < -0.3 is 10.2 Å². The smallest absolute Gasteiger partial charge is 0.0690 e. The molecule has 7 unspecified atom stereocenters. The van der Waals surface area contributed by atoms with E-state index < -0.39 is 5.60 Å². The van der Waals surface area contributed by atoms with Crippen molar-refractivity contribution in [3.63, 3.8) is 0 Å². The summed E-state index contributed by atoms with van der Waals surface area (Å²) in [5.74, 6) is 1.61. The molecule has 5 aliphatic carbocycles. The highest BCUT2D eigenvalue weighted by molar-refractivity contribution is 5.25. The fourth-order valence-corrected chi connectivity index (χ4v) is 7.31. The topological polar surface area (TPSA) is 40.5 Å². The van der Waals surface area contributed by atoms with Gasteiger partial charge in [-0.3, -0.25) is 0 Å². The molecule has 5 rings (SSSR count). The van der Waals surface area contributed by atoms with Gasteiger partial charge in [0.05, 0.1) is 11.7 Å². The van der Waals surface area contributed by atoms with E-state index in [0.29, 0.717) is 23.2 Å². The highest BCUT2D eigenvalue weighted by atomic mass is 16.3. The Kier molecular flexibility index (Phi) is 2.89. The average Bonchev–Trinajstić information content (AvgIpc) is 2.42. The minimum Gasteiger partial charge on any atom is -0.393 e. The Labute approximate surface area is 135 Å². The van der Waals surface area contributed by atoms with Crippen LogP contribution < -0.4 is 0 Å². The van der Waals surface area contributed by atoms with Gasteiger partial charge in [0.1, 0.15) is 0 Å². The first-order valence-corrected chi connectivity index (χ1v) is 9.22. The van der Waals surface area contributed by atoms with E-state index in [9.17, 15) is 10.2 Å². The van der Waals surface area contributed by atoms with Gasteiger partial charge >= 0.3 is 0 Å². The van der Waals surface area contributed by atoms with E-state index in [-0.39, 0.29) is 16.9 Å². The van der Waals surface area contributed by atoms with Crippen molar-refractivity contribution >= 4 is 0 Å². The van der Waals surface area contributed by atoms with Gasteiger partial charge in [0.15, 0.2) is 0 Å². The van der Waals surface area contributed by atoms with Crippen LogP contribution in [0.2, 0.25) is 0 Å². The van der Waals surface area contributed by atoms with Crippen molar-refractivity contribution < 1.29 is 10.2 Å². The number of aliphatic hydroxyl groups is 2. The molecule has 2 heteroatoms. The third kappa shape index (κ3) is 1.69. The van der Waals surface area contributed by atoms with Crippen LogP contribution in [0.25, 0.3) is 0 Å². The van der Waals surface area contributed by atoms with E-state index in [1.165, 1.54) is 12.8 Å². The molecule has 0 heterocycles. The van der Waals surface area contributed by atoms with Gasteiger partial charge in [-0.1, -0.05) is 32.9 Å². The molecule has 3 fully saturated rings. The summed E-state index contributed by atoms with van der Waals surface area (Å²) in [7, 11) is 0. The number of rotatable bonds is 0. The predicted octanol–water partition coefficient (Wildman–Crippen LogP) is 3.92. The van der Waals surface area contributed by atoms with Gasteiger partial charge in [-0.05, 0) is 73.5 Å². The summed E-state index contributed by atoms with van der Waals surface area (Å²) in [6, 6.07) is 0. The zero-order valence-corrected chi connectivity index (χ0v) is 14.6. The summed E-state index contributed by atoms with van der Waals surface area (Å²) in [4.78, 5) is 0. The molecule has 22 heavy (non-hydrogen) atoms. The second-order valence-electron chi connectivity index (χ2n) is 9.99. The minimum atomic E-state index is -0.516. The minimum absolute atomic E-state index is 0.0253. The van der Waals surface area contributed by atoms with Crippen LogP contribution in [0.1, 0.15) is 66.2 Å². The Morgan fingerprint density at radius 3 is 2.41 bits per heavy atom. The third-order valence-corrected chi connectivity index (χ3v) is 8.53. The van der Waals surface area contributed by atoms with Crippen LogP contribution in [0.5, 0.6) is 0 Å². The van der Waals surface area contributed by atoms with Crippen LogP contribution in [0.4, 0.5) is 0 Å². The molecule has 124 valence electrons. The van der Waals surface area contributed by atoms with Crippen molar-refractivity contribution in [3.8, 4) is 0 Å². The number of allylic oxidation sites excluding steroid dienone is 1. The van der Waals surface area contributed by atoms with Gasteiger partial charge in [-0.25, -0.2) is 0 Å². The molecule has 0 aliphatic heterocycles. The Balaban J connectivity index is 1.76. The van der Waals surface area contributed by atoms with E-state index in [1.807, 2.05) is 6.92 Å². The molecular formula is C20H32O2. The Hall–Kier alpha value is -0.340. The Morgan fingerprint density at radius 2 is 1.73 bits per heavy atom. The highest BCUT2D eigenvalue weighted by Crippen LogP contribution is 2.70. The second-order valence-corrected chi connectivity index (χ2v) is 9.99. The molecule has 7 atom stereocenters. The zero-order chi connectivity index (χ0) is 16.0. The number of aliphatic hydroxyl groups excluding tert-OH is 1. The summed E-state index contributed by atoms with van der Waals surface area (Å²) in [5.41, 5.74) is 0.0397. The fourth-order valence-electron chi connectivity index (χ4n) is 7.31. The van der Waals surface area contributed by atoms with Crippen molar-refractivity contribution in [2.45, 2.75) is 77.9 Å². The maximum Gasteiger partial charge on any atom is 0.0690 e. The monoisotopic (exact) mass is 304 g/mol. The first-order chi connectivity index (χ1) is 10.1. The van der Waals surface area contributed by atoms with Gasteiger partial charge in [-0.15, -0.1) is 0 Å². The first kappa shape index (κ1) is 15.2. The zero-order valence-electron chi connectivity index (χ0n) is 14.6. The Bertz CT molecular complexity index is 520. The van der Waals surface area contributed by atoms with E-state index in [0.717, 1.165) is 25.7 Å². The normalized spacial score (nSPS) is 59.0. The molecule has 5 aliphatic rings. The van der Waals surface area contributed by atoms with Crippen molar-refractivity contribution in [3.05, 3.63) is 12.2 Å². The van der Waals surface area contributed by atoms with Crippen LogP contribution in [-0.2, 0) is 0 Å². The lowest BCUT2D eigenvalue weighted by atomic mass is 9.37. The second kappa shape index (κ2) is 4.19. The molecular weight excluding hydrogens is 272 g/mol.